The lowest BCUT2D eigenvalue weighted by Gasteiger charge is -2.45. The van der Waals surface area contributed by atoms with Crippen molar-refractivity contribution >= 4 is 34.5 Å². The highest BCUT2D eigenvalue weighted by molar-refractivity contribution is 7.80. The van der Waals surface area contributed by atoms with Crippen LogP contribution in [0, 0.1) is 5.92 Å². The molecule has 3 aliphatic heterocycles. The van der Waals surface area contributed by atoms with Gasteiger partial charge < -0.3 is 20.7 Å². The summed E-state index contributed by atoms with van der Waals surface area (Å²) in [5.41, 5.74) is 7.13. The van der Waals surface area contributed by atoms with Crippen molar-refractivity contribution in [2.75, 3.05) is 32.5 Å². The third-order valence-corrected chi connectivity index (χ3v) is 5.20. The highest BCUT2D eigenvalue weighted by Crippen LogP contribution is 2.31. The molecule has 114 valence electrons. The third-order valence-electron chi connectivity index (χ3n) is 4.54. The van der Waals surface area contributed by atoms with Gasteiger partial charge in [-0.2, -0.15) is 0 Å². The monoisotopic (exact) mass is 325 g/mol. The standard InChI is InChI=1S/C15H20ClN3OS/c1-20-14-7-12(17)11(16)6-10(14)15(21)18-13-8-19-4-2-9(13)3-5-19/h6-7,9,13H,2-5,8,17H2,1H3,(H,18,21). The lowest BCUT2D eigenvalue weighted by atomic mass is 9.84. The van der Waals surface area contributed by atoms with Gasteiger partial charge in [0.1, 0.15) is 10.7 Å². The summed E-state index contributed by atoms with van der Waals surface area (Å²) >= 11 is 11.7. The number of nitrogens with one attached hydrogen (secondary N) is 1. The molecule has 0 aliphatic carbocycles. The molecule has 1 aromatic rings. The first-order valence-corrected chi connectivity index (χ1v) is 8.03. The molecule has 4 rings (SSSR count). The van der Waals surface area contributed by atoms with Gasteiger partial charge in [0.15, 0.2) is 0 Å². The molecule has 0 radical (unpaired) electrons. The van der Waals surface area contributed by atoms with E-state index in [1.165, 1.54) is 25.9 Å². The van der Waals surface area contributed by atoms with Gasteiger partial charge in [-0.15, -0.1) is 0 Å². The van der Waals surface area contributed by atoms with Crippen LogP contribution >= 0.6 is 23.8 Å². The quantitative estimate of drug-likeness (QED) is 0.659. The number of methoxy groups -OCH3 is 1. The van der Waals surface area contributed by atoms with E-state index < -0.39 is 0 Å². The maximum Gasteiger partial charge on any atom is 0.131 e. The second kappa shape index (κ2) is 5.99. The molecule has 1 atom stereocenters. The zero-order valence-corrected chi connectivity index (χ0v) is 13.6. The normalized spacial score (nSPS) is 27.4. The van der Waals surface area contributed by atoms with Gasteiger partial charge in [-0.05, 0) is 37.9 Å². The Morgan fingerprint density at radius 3 is 2.71 bits per heavy atom. The van der Waals surface area contributed by atoms with Crippen molar-refractivity contribution in [1.82, 2.24) is 10.2 Å². The molecular formula is C15H20ClN3OS. The summed E-state index contributed by atoms with van der Waals surface area (Å²) in [4.78, 5) is 3.18. The molecule has 0 saturated carbocycles. The van der Waals surface area contributed by atoms with Crippen LogP contribution in [0.1, 0.15) is 18.4 Å². The number of ether oxygens (including phenoxy) is 1. The van der Waals surface area contributed by atoms with E-state index in [0.717, 1.165) is 12.1 Å². The lowest BCUT2D eigenvalue weighted by Crippen LogP contribution is -2.57. The molecule has 21 heavy (non-hydrogen) atoms. The molecule has 3 fully saturated rings. The highest BCUT2D eigenvalue weighted by atomic mass is 35.5. The summed E-state index contributed by atoms with van der Waals surface area (Å²) in [5.74, 6) is 1.37. The first-order chi connectivity index (χ1) is 10.1. The summed E-state index contributed by atoms with van der Waals surface area (Å²) < 4.78 is 5.38. The van der Waals surface area contributed by atoms with Gasteiger partial charge in [-0.3, -0.25) is 0 Å². The van der Waals surface area contributed by atoms with E-state index in [2.05, 4.69) is 10.2 Å². The van der Waals surface area contributed by atoms with Crippen molar-refractivity contribution in [3.63, 3.8) is 0 Å². The summed E-state index contributed by atoms with van der Waals surface area (Å²) in [6.07, 6.45) is 2.50. The van der Waals surface area contributed by atoms with Crippen LogP contribution in [0.25, 0.3) is 0 Å². The van der Waals surface area contributed by atoms with Crippen LogP contribution in [0.4, 0.5) is 5.69 Å². The SMILES string of the molecule is COc1cc(N)c(Cl)cc1C(=S)NC1CN2CCC1CC2. The number of thiocarbonyl (C=S) groups is 1. The van der Waals surface area contributed by atoms with Crippen LogP contribution in [0.2, 0.25) is 5.02 Å². The van der Waals surface area contributed by atoms with Crippen molar-refractivity contribution < 1.29 is 4.74 Å². The Hall–Kier alpha value is -1.04. The number of hydrogen-bond acceptors (Lipinski definition) is 4. The fraction of sp³-hybridized carbons (Fsp3) is 0.533. The molecule has 1 unspecified atom stereocenters. The van der Waals surface area contributed by atoms with Crippen molar-refractivity contribution in [2.24, 2.45) is 5.92 Å². The van der Waals surface area contributed by atoms with E-state index in [-0.39, 0.29) is 0 Å². The lowest BCUT2D eigenvalue weighted by molar-refractivity contribution is 0.0816. The average Bonchev–Trinajstić information content (AvgIpc) is 2.50. The van der Waals surface area contributed by atoms with E-state index in [1.807, 2.05) is 0 Å². The van der Waals surface area contributed by atoms with E-state index >= 15 is 0 Å². The minimum absolute atomic E-state index is 0.418. The van der Waals surface area contributed by atoms with Crippen LogP contribution in [0.3, 0.4) is 0 Å². The third kappa shape index (κ3) is 2.96. The molecule has 0 aromatic heterocycles. The van der Waals surface area contributed by atoms with Gasteiger partial charge in [0, 0.05) is 18.7 Å². The summed E-state index contributed by atoms with van der Waals surface area (Å²) in [7, 11) is 1.61. The van der Waals surface area contributed by atoms with Crippen LogP contribution in [0.15, 0.2) is 12.1 Å². The molecule has 3 heterocycles. The van der Waals surface area contributed by atoms with Gasteiger partial charge in [0.05, 0.1) is 23.4 Å². The fourth-order valence-corrected chi connectivity index (χ4v) is 3.76. The summed E-state index contributed by atoms with van der Waals surface area (Å²) in [6.45, 7) is 3.50. The molecule has 3 saturated heterocycles. The number of anilines is 1. The first kappa shape index (κ1) is 14.9. The minimum Gasteiger partial charge on any atom is -0.496 e. The van der Waals surface area contributed by atoms with Crippen molar-refractivity contribution in [3.05, 3.63) is 22.7 Å². The van der Waals surface area contributed by atoms with Crippen molar-refractivity contribution in [3.8, 4) is 5.75 Å². The van der Waals surface area contributed by atoms with Gasteiger partial charge >= 0.3 is 0 Å². The van der Waals surface area contributed by atoms with Crippen LogP contribution < -0.4 is 15.8 Å². The molecule has 3 N–H and O–H groups in total. The number of fused-ring (bicyclic) bond motifs is 3. The number of benzene rings is 1. The Bertz CT molecular complexity index is 558. The predicted octanol–water partition coefficient (Wildman–Crippen LogP) is 2.29. The number of rotatable bonds is 3. The van der Waals surface area contributed by atoms with Gasteiger partial charge in [-0.25, -0.2) is 0 Å². The Balaban J connectivity index is 1.78. The Morgan fingerprint density at radius 1 is 1.43 bits per heavy atom. The maximum absolute atomic E-state index is 6.12. The average molecular weight is 326 g/mol. The molecule has 3 aliphatic rings. The van der Waals surface area contributed by atoms with E-state index in [4.69, 9.17) is 34.3 Å². The molecule has 6 heteroatoms. The topological polar surface area (TPSA) is 50.5 Å². The molecule has 2 bridgehead atoms. The molecule has 0 amide bonds. The van der Waals surface area contributed by atoms with Crippen LogP contribution in [-0.2, 0) is 0 Å². The second-order valence-corrected chi connectivity index (χ2v) is 6.61. The second-order valence-electron chi connectivity index (χ2n) is 5.79. The molecular weight excluding hydrogens is 306 g/mol. The summed E-state index contributed by atoms with van der Waals surface area (Å²) in [5, 5.41) is 4.00. The largest absolute Gasteiger partial charge is 0.496 e. The number of nitrogens with two attached hydrogens (primary N) is 1. The fourth-order valence-electron chi connectivity index (χ4n) is 3.29. The Morgan fingerprint density at radius 2 is 2.14 bits per heavy atom. The van der Waals surface area contributed by atoms with Crippen LogP contribution in [-0.4, -0.2) is 42.7 Å². The zero-order chi connectivity index (χ0) is 15.0. The van der Waals surface area contributed by atoms with Crippen molar-refractivity contribution in [1.29, 1.82) is 0 Å². The van der Waals surface area contributed by atoms with Crippen molar-refractivity contribution in [2.45, 2.75) is 18.9 Å². The maximum atomic E-state index is 6.12. The number of piperidine rings is 3. The summed E-state index contributed by atoms with van der Waals surface area (Å²) in [6, 6.07) is 3.93. The molecule has 0 spiro atoms. The first-order valence-electron chi connectivity index (χ1n) is 7.24. The van der Waals surface area contributed by atoms with E-state index in [1.54, 1.807) is 19.2 Å². The minimum atomic E-state index is 0.418. The number of halogens is 1. The van der Waals surface area contributed by atoms with Gasteiger partial charge in [0.2, 0.25) is 0 Å². The smallest absolute Gasteiger partial charge is 0.131 e. The number of nitrogens with zero attached hydrogens (tertiary/aromatic N) is 1. The molecule has 1 aromatic carbocycles. The van der Waals surface area contributed by atoms with Gasteiger partial charge in [0.25, 0.3) is 0 Å². The molecule has 4 nitrogen and oxygen atoms in total. The van der Waals surface area contributed by atoms with E-state index in [0.29, 0.717) is 33.4 Å². The zero-order valence-electron chi connectivity index (χ0n) is 12.1. The van der Waals surface area contributed by atoms with E-state index in [9.17, 15) is 0 Å². The number of hydrogen-bond donors (Lipinski definition) is 2. The Kier molecular flexibility index (Phi) is 4.24. The highest BCUT2D eigenvalue weighted by Gasteiger charge is 2.34. The predicted molar refractivity (Wildman–Crippen MR) is 90.2 cm³/mol. The Labute approximate surface area is 135 Å². The van der Waals surface area contributed by atoms with Gasteiger partial charge in [-0.1, -0.05) is 23.8 Å². The number of nitrogen functional groups attached to an aromatic ring is 1. The van der Waals surface area contributed by atoms with Crippen LogP contribution in [0.5, 0.6) is 5.75 Å².